The van der Waals surface area contributed by atoms with Crippen LogP contribution in [0.15, 0.2) is 48.8 Å². The molecule has 0 aliphatic carbocycles. The van der Waals surface area contributed by atoms with Gasteiger partial charge in [-0.05, 0) is 42.3 Å². The molecule has 0 unspecified atom stereocenters. The van der Waals surface area contributed by atoms with Crippen LogP contribution >= 0.6 is 23.2 Å². The molecule has 8 heteroatoms. The molecule has 138 valence electrons. The van der Waals surface area contributed by atoms with E-state index in [-0.39, 0.29) is 6.61 Å². The van der Waals surface area contributed by atoms with Gasteiger partial charge >= 0.3 is 5.97 Å². The summed E-state index contributed by atoms with van der Waals surface area (Å²) in [5, 5.41) is 3.78. The van der Waals surface area contributed by atoms with E-state index in [0.29, 0.717) is 39.6 Å². The minimum Gasteiger partial charge on any atom is -0.452 e. The second kappa shape index (κ2) is 8.79. The van der Waals surface area contributed by atoms with Gasteiger partial charge in [-0.1, -0.05) is 29.3 Å². The molecular weight excluding hydrogens is 389 g/mol. The van der Waals surface area contributed by atoms with Crippen LogP contribution < -0.4 is 5.32 Å². The van der Waals surface area contributed by atoms with E-state index < -0.39 is 11.9 Å². The maximum absolute atomic E-state index is 12.1. The Morgan fingerprint density at radius 1 is 1.00 bits per heavy atom. The average Bonchev–Trinajstić information content (AvgIpc) is 2.67. The molecule has 1 heterocycles. The lowest BCUT2D eigenvalue weighted by Gasteiger charge is -2.08. The van der Waals surface area contributed by atoms with E-state index in [4.69, 9.17) is 27.9 Å². The normalized spacial score (nSPS) is 10.6. The van der Waals surface area contributed by atoms with Crippen molar-refractivity contribution in [3.8, 4) is 0 Å². The minimum absolute atomic E-state index is 0.309. The van der Waals surface area contributed by atoms with E-state index in [0.717, 1.165) is 5.56 Å². The summed E-state index contributed by atoms with van der Waals surface area (Å²) >= 11 is 11.9. The number of hydrogen-bond donors (Lipinski definition) is 1. The molecule has 0 bridgehead atoms. The molecule has 0 atom stereocenters. The highest BCUT2D eigenvalue weighted by Crippen LogP contribution is 2.21. The number of fused-ring (bicyclic) bond motifs is 1. The highest BCUT2D eigenvalue weighted by molar-refractivity contribution is 6.35. The third-order valence-corrected chi connectivity index (χ3v) is 4.36. The molecule has 3 aromatic rings. The van der Waals surface area contributed by atoms with E-state index in [2.05, 4.69) is 15.3 Å². The third kappa shape index (κ3) is 5.15. The van der Waals surface area contributed by atoms with Gasteiger partial charge in [0.15, 0.2) is 6.61 Å². The number of esters is 1. The van der Waals surface area contributed by atoms with Gasteiger partial charge in [0.05, 0.1) is 16.6 Å². The largest absolute Gasteiger partial charge is 0.452 e. The molecule has 0 radical (unpaired) electrons. The SMILES string of the molecule is O=C(COC(=O)c1ccc2nccnc2c1)NCCc1ccc(Cl)cc1Cl. The fourth-order valence-electron chi connectivity index (χ4n) is 2.42. The number of rotatable bonds is 6. The van der Waals surface area contributed by atoms with Gasteiger partial charge < -0.3 is 10.1 Å². The Balaban J connectivity index is 1.47. The zero-order valence-electron chi connectivity index (χ0n) is 14.1. The van der Waals surface area contributed by atoms with Crippen LogP contribution in [0.3, 0.4) is 0 Å². The standard InChI is InChI=1S/C19H15Cl2N3O3/c20-14-3-1-12(15(21)10-14)5-6-24-18(25)11-27-19(26)13-2-4-16-17(9-13)23-8-7-22-16/h1-4,7-10H,5-6,11H2,(H,24,25). The monoisotopic (exact) mass is 403 g/mol. The number of ether oxygens (including phenoxy) is 1. The molecule has 0 aliphatic heterocycles. The molecular formula is C19H15Cl2N3O3. The van der Waals surface area contributed by atoms with Gasteiger partial charge in [-0.3, -0.25) is 14.8 Å². The van der Waals surface area contributed by atoms with Gasteiger partial charge in [0.25, 0.3) is 5.91 Å². The third-order valence-electron chi connectivity index (χ3n) is 3.77. The Morgan fingerprint density at radius 2 is 1.78 bits per heavy atom. The molecule has 3 rings (SSSR count). The van der Waals surface area contributed by atoms with E-state index in [1.165, 1.54) is 6.20 Å². The van der Waals surface area contributed by atoms with Gasteiger partial charge in [0, 0.05) is 29.0 Å². The molecule has 0 saturated heterocycles. The van der Waals surface area contributed by atoms with Crippen molar-refractivity contribution < 1.29 is 14.3 Å². The summed E-state index contributed by atoms with van der Waals surface area (Å²) < 4.78 is 5.04. The maximum Gasteiger partial charge on any atom is 0.338 e. The van der Waals surface area contributed by atoms with Gasteiger partial charge in [-0.2, -0.15) is 0 Å². The second-order valence-electron chi connectivity index (χ2n) is 5.67. The van der Waals surface area contributed by atoms with E-state index in [1.807, 2.05) is 0 Å². The first-order valence-electron chi connectivity index (χ1n) is 8.11. The summed E-state index contributed by atoms with van der Waals surface area (Å²) in [5.41, 5.74) is 2.43. The number of amides is 1. The summed E-state index contributed by atoms with van der Waals surface area (Å²) in [6.45, 7) is -0.00497. The van der Waals surface area contributed by atoms with Crippen molar-refractivity contribution in [2.45, 2.75) is 6.42 Å². The molecule has 0 saturated carbocycles. The van der Waals surface area contributed by atoms with Crippen LogP contribution in [-0.2, 0) is 16.0 Å². The average molecular weight is 404 g/mol. The van der Waals surface area contributed by atoms with Gasteiger partial charge in [-0.15, -0.1) is 0 Å². The van der Waals surface area contributed by atoms with E-state index >= 15 is 0 Å². The molecule has 27 heavy (non-hydrogen) atoms. The van der Waals surface area contributed by atoms with Crippen LogP contribution in [0.1, 0.15) is 15.9 Å². The topological polar surface area (TPSA) is 81.2 Å². The van der Waals surface area contributed by atoms with Crippen molar-refractivity contribution in [1.82, 2.24) is 15.3 Å². The Morgan fingerprint density at radius 3 is 2.56 bits per heavy atom. The Bertz CT molecular complexity index is 995. The van der Waals surface area contributed by atoms with Crippen molar-refractivity contribution in [3.05, 3.63) is 70.0 Å². The summed E-state index contributed by atoms with van der Waals surface area (Å²) in [4.78, 5) is 32.2. The number of carbonyl (C=O) groups is 2. The first kappa shape index (κ1) is 19.1. The first-order valence-corrected chi connectivity index (χ1v) is 8.87. The molecule has 2 aromatic carbocycles. The molecule has 0 fully saturated rings. The number of nitrogens with zero attached hydrogens (tertiary/aromatic N) is 2. The van der Waals surface area contributed by atoms with Gasteiger partial charge in [0.1, 0.15) is 0 Å². The maximum atomic E-state index is 12.1. The number of nitrogens with one attached hydrogen (secondary N) is 1. The van der Waals surface area contributed by atoms with Crippen molar-refractivity contribution in [2.75, 3.05) is 13.2 Å². The lowest BCUT2D eigenvalue weighted by molar-refractivity contribution is -0.124. The predicted molar refractivity (Wildman–Crippen MR) is 103 cm³/mol. The quantitative estimate of drug-likeness (QED) is 0.637. The van der Waals surface area contributed by atoms with Crippen molar-refractivity contribution in [2.24, 2.45) is 0 Å². The number of carbonyl (C=O) groups excluding carboxylic acids is 2. The van der Waals surface area contributed by atoms with Crippen molar-refractivity contribution in [3.63, 3.8) is 0 Å². The first-order chi connectivity index (χ1) is 13.0. The van der Waals surface area contributed by atoms with Crippen LogP contribution in [0, 0.1) is 0 Å². The fraction of sp³-hybridized carbons (Fsp3) is 0.158. The minimum atomic E-state index is -0.599. The summed E-state index contributed by atoms with van der Waals surface area (Å²) in [7, 11) is 0. The Hall–Kier alpha value is -2.70. The van der Waals surface area contributed by atoms with Crippen LogP contribution in [0.5, 0.6) is 0 Å². The summed E-state index contributed by atoms with van der Waals surface area (Å²) in [5.74, 6) is -0.993. The number of halogens is 2. The highest BCUT2D eigenvalue weighted by Gasteiger charge is 2.11. The van der Waals surface area contributed by atoms with Crippen LogP contribution in [0.2, 0.25) is 10.0 Å². The van der Waals surface area contributed by atoms with Crippen LogP contribution in [0.25, 0.3) is 11.0 Å². The second-order valence-corrected chi connectivity index (χ2v) is 6.52. The zero-order valence-corrected chi connectivity index (χ0v) is 15.6. The highest BCUT2D eigenvalue weighted by atomic mass is 35.5. The molecule has 1 amide bonds. The fourth-order valence-corrected chi connectivity index (χ4v) is 2.92. The Kier molecular flexibility index (Phi) is 6.21. The molecule has 0 aliphatic rings. The summed E-state index contributed by atoms with van der Waals surface area (Å²) in [6, 6.07) is 10.0. The number of benzene rings is 2. The van der Waals surface area contributed by atoms with Crippen molar-refractivity contribution in [1.29, 1.82) is 0 Å². The molecule has 0 spiro atoms. The Labute approximate surface area is 165 Å². The number of hydrogen-bond acceptors (Lipinski definition) is 5. The van der Waals surface area contributed by atoms with Gasteiger partial charge in [0.2, 0.25) is 0 Å². The lowest BCUT2D eigenvalue weighted by atomic mass is 10.1. The van der Waals surface area contributed by atoms with E-state index in [1.54, 1.807) is 42.6 Å². The predicted octanol–water partition coefficient (Wildman–Crippen LogP) is 3.45. The van der Waals surface area contributed by atoms with Crippen LogP contribution in [0.4, 0.5) is 0 Å². The molecule has 1 aromatic heterocycles. The van der Waals surface area contributed by atoms with Crippen LogP contribution in [-0.4, -0.2) is 35.0 Å². The summed E-state index contributed by atoms with van der Waals surface area (Å²) in [6.07, 6.45) is 3.65. The zero-order chi connectivity index (χ0) is 19.2. The van der Waals surface area contributed by atoms with Gasteiger partial charge in [-0.25, -0.2) is 4.79 Å². The van der Waals surface area contributed by atoms with E-state index in [9.17, 15) is 9.59 Å². The lowest BCUT2D eigenvalue weighted by Crippen LogP contribution is -2.30. The number of aromatic nitrogens is 2. The molecule has 6 nitrogen and oxygen atoms in total. The smallest absolute Gasteiger partial charge is 0.338 e. The van der Waals surface area contributed by atoms with Crippen molar-refractivity contribution >= 4 is 46.1 Å². The molecule has 1 N–H and O–H groups in total.